The van der Waals surface area contributed by atoms with Crippen LogP contribution in [0.2, 0.25) is 0 Å². The van der Waals surface area contributed by atoms with Crippen molar-refractivity contribution in [3.8, 4) is 0 Å². The molecule has 3 aliphatic rings. The van der Waals surface area contributed by atoms with Gasteiger partial charge in [0.2, 0.25) is 10.0 Å². The van der Waals surface area contributed by atoms with Crippen LogP contribution in [0.1, 0.15) is 16.8 Å². The molecule has 0 unspecified atom stereocenters. The molecule has 22 heavy (non-hydrogen) atoms. The zero-order valence-corrected chi connectivity index (χ0v) is 13.0. The average molecular weight is 323 g/mol. The minimum absolute atomic E-state index is 0.117. The number of pyridine rings is 1. The molecule has 4 rings (SSSR count). The third kappa shape index (κ3) is 1.84. The lowest BCUT2D eigenvalue weighted by Gasteiger charge is -2.39. The molecule has 1 spiro atoms. The summed E-state index contributed by atoms with van der Waals surface area (Å²) in [6.45, 7) is 1.06. The molecule has 3 fully saturated rings. The van der Waals surface area contributed by atoms with E-state index in [1.54, 1.807) is 30.3 Å². The first-order valence-electron chi connectivity index (χ1n) is 7.25. The Morgan fingerprint density at radius 3 is 3.00 bits per heavy atom. The standard InChI is InChI=1S/C14H17N3O4S/c1-16-8-14-9-17(13(18)10-3-2-4-15-6-10)7-11(21-14)5-12(14)22(16,19)20/h2-4,6,11-12H,5,7-9H2,1H3/t11-,12+,14-/m1/s1. The maximum absolute atomic E-state index is 12.6. The first kappa shape index (κ1) is 14.1. The largest absolute Gasteiger partial charge is 0.365 e. The Morgan fingerprint density at radius 2 is 2.27 bits per heavy atom. The number of likely N-dealkylation sites (N-methyl/N-ethyl adjacent to an activating group) is 1. The number of ether oxygens (including phenoxy) is 1. The molecule has 118 valence electrons. The highest BCUT2D eigenvalue weighted by atomic mass is 32.2. The van der Waals surface area contributed by atoms with Gasteiger partial charge in [-0.3, -0.25) is 9.78 Å². The second-order valence-electron chi connectivity index (χ2n) is 6.26. The van der Waals surface area contributed by atoms with Crippen LogP contribution in [0, 0.1) is 0 Å². The number of rotatable bonds is 1. The number of nitrogens with zero attached hydrogens (tertiary/aromatic N) is 3. The summed E-state index contributed by atoms with van der Waals surface area (Å²) in [4.78, 5) is 18.3. The van der Waals surface area contributed by atoms with E-state index >= 15 is 0 Å². The fourth-order valence-corrected chi connectivity index (χ4v) is 5.92. The highest BCUT2D eigenvalue weighted by Crippen LogP contribution is 2.46. The Labute approximate surface area is 128 Å². The molecule has 1 aromatic heterocycles. The van der Waals surface area contributed by atoms with Gasteiger partial charge in [0.15, 0.2) is 0 Å². The fraction of sp³-hybridized carbons (Fsp3) is 0.571. The van der Waals surface area contributed by atoms with E-state index in [1.165, 1.54) is 10.5 Å². The van der Waals surface area contributed by atoms with Gasteiger partial charge in [0, 0.05) is 32.5 Å². The molecule has 4 heterocycles. The highest BCUT2D eigenvalue weighted by molar-refractivity contribution is 7.90. The second-order valence-corrected chi connectivity index (χ2v) is 8.48. The molecule has 0 aromatic carbocycles. The van der Waals surface area contributed by atoms with Crippen LogP contribution in [-0.4, -0.2) is 72.2 Å². The molecule has 1 aromatic rings. The third-order valence-electron chi connectivity index (χ3n) is 4.83. The van der Waals surface area contributed by atoms with E-state index < -0.39 is 20.9 Å². The van der Waals surface area contributed by atoms with Crippen LogP contribution in [-0.2, 0) is 14.8 Å². The number of carbonyl (C=O) groups is 1. The SMILES string of the molecule is CN1C[C@@]23CN(C(=O)c4cccnc4)C[C@@H](C[C@@H]2S1(=O)=O)O3. The average Bonchev–Trinajstić information content (AvgIpc) is 2.86. The zero-order valence-electron chi connectivity index (χ0n) is 12.2. The van der Waals surface area contributed by atoms with Crippen molar-refractivity contribution in [3.63, 3.8) is 0 Å². The summed E-state index contributed by atoms with van der Waals surface area (Å²) in [6, 6.07) is 3.44. The first-order valence-corrected chi connectivity index (χ1v) is 8.75. The summed E-state index contributed by atoms with van der Waals surface area (Å²) in [5.74, 6) is -0.117. The Hall–Kier alpha value is -1.51. The molecule has 0 aliphatic carbocycles. The predicted molar refractivity (Wildman–Crippen MR) is 77.7 cm³/mol. The minimum atomic E-state index is -3.32. The van der Waals surface area contributed by atoms with Crippen LogP contribution in [0.25, 0.3) is 0 Å². The Kier molecular flexibility index (Phi) is 2.88. The van der Waals surface area contributed by atoms with Gasteiger partial charge in [0.25, 0.3) is 5.91 Å². The second kappa shape index (κ2) is 4.50. The van der Waals surface area contributed by atoms with Gasteiger partial charge in [-0.15, -0.1) is 0 Å². The van der Waals surface area contributed by atoms with Crippen LogP contribution in [0.5, 0.6) is 0 Å². The number of hydrogen-bond donors (Lipinski definition) is 0. The molecule has 3 aliphatic heterocycles. The van der Waals surface area contributed by atoms with Crippen LogP contribution in [0.3, 0.4) is 0 Å². The van der Waals surface area contributed by atoms with Gasteiger partial charge in [-0.05, 0) is 18.6 Å². The quantitative estimate of drug-likeness (QED) is 0.709. The summed E-state index contributed by atoms with van der Waals surface area (Å²) >= 11 is 0. The van der Waals surface area contributed by atoms with Crippen molar-refractivity contribution < 1.29 is 17.9 Å². The number of fused-ring (bicyclic) bond motifs is 1. The van der Waals surface area contributed by atoms with Gasteiger partial charge in [-0.25, -0.2) is 12.7 Å². The van der Waals surface area contributed by atoms with Crippen molar-refractivity contribution in [2.75, 3.05) is 26.7 Å². The monoisotopic (exact) mass is 323 g/mol. The van der Waals surface area contributed by atoms with Gasteiger partial charge in [0.1, 0.15) is 10.9 Å². The van der Waals surface area contributed by atoms with Crippen molar-refractivity contribution in [1.82, 2.24) is 14.2 Å². The summed E-state index contributed by atoms with van der Waals surface area (Å²) in [5, 5.41) is -0.540. The molecule has 0 radical (unpaired) electrons. The van der Waals surface area contributed by atoms with Gasteiger partial charge in [0.05, 0.1) is 18.2 Å². The number of hydrogen-bond acceptors (Lipinski definition) is 5. The van der Waals surface area contributed by atoms with Gasteiger partial charge in [-0.2, -0.15) is 0 Å². The third-order valence-corrected chi connectivity index (χ3v) is 7.17. The number of aromatic nitrogens is 1. The van der Waals surface area contributed by atoms with Crippen molar-refractivity contribution in [1.29, 1.82) is 0 Å². The van der Waals surface area contributed by atoms with Gasteiger partial charge >= 0.3 is 0 Å². The first-order chi connectivity index (χ1) is 10.4. The van der Waals surface area contributed by atoms with Crippen molar-refractivity contribution >= 4 is 15.9 Å². The number of morpholine rings is 1. The van der Waals surface area contributed by atoms with Gasteiger partial charge < -0.3 is 9.64 Å². The number of amides is 1. The number of likely N-dealkylation sites (tertiary alicyclic amines) is 1. The Balaban J connectivity index is 1.65. The van der Waals surface area contributed by atoms with E-state index in [0.717, 1.165) is 0 Å². The van der Waals surface area contributed by atoms with E-state index in [9.17, 15) is 13.2 Å². The molecular formula is C14H17N3O4S. The topological polar surface area (TPSA) is 79.8 Å². The van der Waals surface area contributed by atoms with Crippen LogP contribution >= 0.6 is 0 Å². The Bertz CT molecular complexity index is 723. The summed E-state index contributed by atoms with van der Waals surface area (Å²) < 4.78 is 32.1. The minimum Gasteiger partial charge on any atom is -0.365 e. The maximum atomic E-state index is 12.6. The van der Waals surface area contributed by atoms with E-state index in [0.29, 0.717) is 31.6 Å². The smallest absolute Gasteiger partial charge is 0.255 e. The molecule has 0 saturated carbocycles. The Morgan fingerprint density at radius 1 is 1.45 bits per heavy atom. The van der Waals surface area contributed by atoms with Crippen LogP contribution in [0.4, 0.5) is 0 Å². The molecule has 8 heteroatoms. The normalized spacial score (nSPS) is 36.3. The van der Waals surface area contributed by atoms with E-state index in [1.807, 2.05) is 0 Å². The van der Waals surface area contributed by atoms with Crippen molar-refractivity contribution in [2.45, 2.75) is 23.4 Å². The molecule has 7 nitrogen and oxygen atoms in total. The maximum Gasteiger partial charge on any atom is 0.255 e. The lowest BCUT2D eigenvalue weighted by molar-refractivity contribution is -0.0966. The molecule has 2 bridgehead atoms. The molecule has 1 amide bonds. The number of carbonyl (C=O) groups excluding carboxylic acids is 1. The molecule has 3 saturated heterocycles. The van der Waals surface area contributed by atoms with Crippen molar-refractivity contribution in [2.24, 2.45) is 0 Å². The predicted octanol–water partition coefficient (Wildman–Crippen LogP) is -0.291. The van der Waals surface area contributed by atoms with Gasteiger partial charge in [-0.1, -0.05) is 0 Å². The summed E-state index contributed by atoms with van der Waals surface area (Å²) in [7, 11) is -1.75. The van der Waals surface area contributed by atoms with E-state index in [2.05, 4.69) is 4.98 Å². The van der Waals surface area contributed by atoms with E-state index in [4.69, 9.17) is 4.74 Å². The molecular weight excluding hydrogens is 306 g/mol. The molecule has 3 atom stereocenters. The summed E-state index contributed by atoms with van der Waals surface area (Å²) in [6.07, 6.45) is 3.41. The zero-order chi connectivity index (χ0) is 15.5. The molecule has 0 N–H and O–H groups in total. The fourth-order valence-electron chi connectivity index (χ4n) is 3.89. The highest BCUT2D eigenvalue weighted by Gasteiger charge is 2.64. The lowest BCUT2D eigenvalue weighted by Crippen LogP contribution is -2.56. The number of sulfonamides is 1. The van der Waals surface area contributed by atoms with Crippen LogP contribution in [0.15, 0.2) is 24.5 Å². The van der Waals surface area contributed by atoms with Crippen LogP contribution < -0.4 is 0 Å². The lowest BCUT2D eigenvalue weighted by atomic mass is 9.99. The summed E-state index contributed by atoms with van der Waals surface area (Å²) in [5.41, 5.74) is -0.264. The van der Waals surface area contributed by atoms with E-state index in [-0.39, 0.29) is 12.0 Å². The van der Waals surface area contributed by atoms with Crippen molar-refractivity contribution in [3.05, 3.63) is 30.1 Å².